The van der Waals surface area contributed by atoms with Crippen LogP contribution in [0.4, 0.5) is 0 Å². The Morgan fingerprint density at radius 3 is 2.56 bits per heavy atom. The number of hydrogen-bond acceptors (Lipinski definition) is 5. The molecule has 1 N–H and O–H groups in total. The fraction of sp³-hybridized carbons (Fsp3) is 0.414. The summed E-state index contributed by atoms with van der Waals surface area (Å²) in [7, 11) is 3.57. The number of aromatic nitrogens is 4. The highest BCUT2D eigenvalue weighted by Gasteiger charge is 2.23. The molecule has 1 fully saturated rings. The third-order valence-corrected chi connectivity index (χ3v) is 7.45. The first-order chi connectivity index (χ1) is 17.5. The standard InChI is InChI=1S/C29H35N5O2/c1-19(2)27-25-13-21(20-7-9-34(10-8-20)11-12-36-4)5-6-26(25)32-28(27)22-14-24(29(35)33(3)17-22)23-15-30-18-31-16-23/h5-6,13-20,32H,7-12H2,1-4H3. The van der Waals surface area contributed by atoms with Crippen LogP contribution in [0.15, 0.2) is 54.0 Å². The summed E-state index contributed by atoms with van der Waals surface area (Å²) in [5.41, 5.74) is 7.17. The molecule has 188 valence electrons. The van der Waals surface area contributed by atoms with Crippen LogP contribution in [0.3, 0.4) is 0 Å². The van der Waals surface area contributed by atoms with Gasteiger partial charge in [0.15, 0.2) is 0 Å². The summed E-state index contributed by atoms with van der Waals surface area (Å²) >= 11 is 0. The molecule has 1 aliphatic rings. The quantitative estimate of drug-likeness (QED) is 0.401. The van der Waals surface area contributed by atoms with Crippen molar-refractivity contribution in [1.29, 1.82) is 0 Å². The Kier molecular flexibility index (Phi) is 7.03. The van der Waals surface area contributed by atoms with Gasteiger partial charge in [-0.2, -0.15) is 0 Å². The summed E-state index contributed by atoms with van der Waals surface area (Å²) in [6.07, 6.45) is 9.12. The molecule has 0 radical (unpaired) electrons. The topological polar surface area (TPSA) is 76.0 Å². The van der Waals surface area contributed by atoms with Crippen molar-refractivity contribution >= 4 is 10.9 Å². The van der Waals surface area contributed by atoms with Gasteiger partial charge >= 0.3 is 0 Å². The van der Waals surface area contributed by atoms with Crippen LogP contribution in [0.5, 0.6) is 0 Å². The lowest BCUT2D eigenvalue weighted by Gasteiger charge is -2.32. The molecule has 1 saturated heterocycles. The monoisotopic (exact) mass is 485 g/mol. The number of pyridine rings is 1. The minimum atomic E-state index is -0.0603. The summed E-state index contributed by atoms with van der Waals surface area (Å²) in [4.78, 5) is 27.3. The number of rotatable bonds is 7. The van der Waals surface area contributed by atoms with Gasteiger partial charge in [0.2, 0.25) is 0 Å². The van der Waals surface area contributed by atoms with Crippen LogP contribution in [0.25, 0.3) is 33.3 Å². The SMILES string of the molecule is COCCN1CCC(c2ccc3[nH]c(-c4cc(-c5cncnc5)c(=O)n(C)c4)c(C(C)C)c3c2)CC1. The molecule has 1 aliphatic heterocycles. The Hall–Kier alpha value is -3.29. The Morgan fingerprint density at radius 2 is 1.86 bits per heavy atom. The molecule has 0 aliphatic carbocycles. The van der Waals surface area contributed by atoms with Crippen molar-refractivity contribution < 1.29 is 4.74 Å². The van der Waals surface area contributed by atoms with Gasteiger partial charge in [-0.05, 0) is 67.1 Å². The lowest BCUT2D eigenvalue weighted by molar-refractivity contribution is 0.130. The van der Waals surface area contributed by atoms with Gasteiger partial charge in [0.25, 0.3) is 5.56 Å². The number of hydrogen-bond donors (Lipinski definition) is 1. The molecular formula is C29H35N5O2. The molecule has 36 heavy (non-hydrogen) atoms. The highest BCUT2D eigenvalue weighted by atomic mass is 16.5. The van der Waals surface area contributed by atoms with E-state index in [1.165, 1.54) is 35.7 Å². The number of likely N-dealkylation sites (tertiary alicyclic amines) is 1. The summed E-state index contributed by atoms with van der Waals surface area (Å²) < 4.78 is 6.90. The lowest BCUT2D eigenvalue weighted by atomic mass is 9.87. The van der Waals surface area contributed by atoms with E-state index in [4.69, 9.17) is 4.74 Å². The molecule has 4 heterocycles. The minimum Gasteiger partial charge on any atom is -0.383 e. The molecule has 0 atom stereocenters. The lowest BCUT2D eigenvalue weighted by Crippen LogP contribution is -2.35. The zero-order valence-electron chi connectivity index (χ0n) is 21.6. The Morgan fingerprint density at radius 1 is 1.11 bits per heavy atom. The highest BCUT2D eigenvalue weighted by molar-refractivity contribution is 5.92. The number of fused-ring (bicyclic) bond motifs is 1. The van der Waals surface area contributed by atoms with Gasteiger partial charge in [0.05, 0.1) is 17.9 Å². The van der Waals surface area contributed by atoms with Crippen molar-refractivity contribution in [1.82, 2.24) is 24.4 Å². The first-order valence-corrected chi connectivity index (χ1v) is 12.8. The normalized spacial score (nSPS) is 15.2. The number of nitrogens with zero attached hydrogens (tertiary/aromatic N) is 4. The maximum atomic E-state index is 12.9. The fourth-order valence-corrected chi connectivity index (χ4v) is 5.52. The van der Waals surface area contributed by atoms with E-state index in [-0.39, 0.29) is 5.56 Å². The van der Waals surface area contributed by atoms with Crippen LogP contribution in [0, 0.1) is 0 Å². The highest BCUT2D eigenvalue weighted by Crippen LogP contribution is 2.38. The van der Waals surface area contributed by atoms with E-state index >= 15 is 0 Å². The van der Waals surface area contributed by atoms with E-state index in [1.807, 2.05) is 12.3 Å². The molecular weight excluding hydrogens is 450 g/mol. The van der Waals surface area contributed by atoms with Gasteiger partial charge in [-0.25, -0.2) is 9.97 Å². The third kappa shape index (κ3) is 4.73. The van der Waals surface area contributed by atoms with Crippen LogP contribution >= 0.6 is 0 Å². The van der Waals surface area contributed by atoms with Gasteiger partial charge < -0.3 is 19.2 Å². The Balaban J connectivity index is 1.53. The molecule has 0 amide bonds. The van der Waals surface area contributed by atoms with E-state index in [0.29, 0.717) is 17.4 Å². The van der Waals surface area contributed by atoms with Crippen molar-refractivity contribution in [2.45, 2.75) is 38.5 Å². The van der Waals surface area contributed by atoms with Crippen LogP contribution in [-0.2, 0) is 11.8 Å². The van der Waals surface area contributed by atoms with E-state index in [9.17, 15) is 4.79 Å². The first-order valence-electron chi connectivity index (χ1n) is 12.8. The maximum absolute atomic E-state index is 12.9. The van der Waals surface area contributed by atoms with Crippen molar-refractivity contribution in [2.75, 3.05) is 33.4 Å². The fourth-order valence-electron chi connectivity index (χ4n) is 5.52. The second kappa shape index (κ2) is 10.4. The van der Waals surface area contributed by atoms with Crippen LogP contribution in [0.2, 0.25) is 0 Å². The van der Waals surface area contributed by atoms with Crippen molar-refractivity contribution in [3.05, 3.63) is 70.7 Å². The van der Waals surface area contributed by atoms with Crippen LogP contribution in [0.1, 0.15) is 49.7 Å². The molecule has 0 spiro atoms. The number of aryl methyl sites for hydroxylation is 1. The molecule has 0 unspecified atom stereocenters. The van der Waals surface area contributed by atoms with E-state index in [1.54, 1.807) is 31.1 Å². The minimum absolute atomic E-state index is 0.0603. The van der Waals surface area contributed by atoms with Crippen LogP contribution < -0.4 is 5.56 Å². The number of benzene rings is 1. The molecule has 1 aromatic carbocycles. The molecule has 7 heteroatoms. The zero-order valence-corrected chi connectivity index (χ0v) is 21.6. The van der Waals surface area contributed by atoms with Gasteiger partial charge in [-0.1, -0.05) is 19.9 Å². The third-order valence-electron chi connectivity index (χ3n) is 7.45. The molecule has 0 bridgehead atoms. The first kappa shape index (κ1) is 24.4. The molecule has 5 rings (SSSR count). The number of aromatic amines is 1. The largest absolute Gasteiger partial charge is 0.383 e. The summed E-state index contributed by atoms with van der Waals surface area (Å²) in [5, 5.41) is 1.28. The van der Waals surface area contributed by atoms with Gasteiger partial charge in [-0.15, -0.1) is 0 Å². The van der Waals surface area contributed by atoms with Crippen LogP contribution in [-0.4, -0.2) is 57.8 Å². The molecule has 3 aromatic heterocycles. The number of methoxy groups -OCH3 is 1. The Labute approximate surface area is 212 Å². The Bertz CT molecular complexity index is 1400. The average molecular weight is 486 g/mol. The molecule has 0 saturated carbocycles. The number of H-pyrrole nitrogens is 1. The van der Waals surface area contributed by atoms with Crippen molar-refractivity contribution in [2.24, 2.45) is 7.05 Å². The van der Waals surface area contributed by atoms with E-state index in [2.05, 4.69) is 51.9 Å². The van der Waals surface area contributed by atoms with Gasteiger partial charge in [0, 0.05) is 61.3 Å². The second-order valence-corrected chi connectivity index (χ2v) is 10.2. The predicted molar refractivity (Wildman–Crippen MR) is 144 cm³/mol. The number of ether oxygens (including phenoxy) is 1. The smallest absolute Gasteiger partial charge is 0.258 e. The predicted octanol–water partition coefficient (Wildman–Crippen LogP) is 4.94. The van der Waals surface area contributed by atoms with E-state index in [0.717, 1.165) is 48.6 Å². The van der Waals surface area contributed by atoms with Gasteiger partial charge in [-0.3, -0.25) is 4.79 Å². The number of piperidine rings is 1. The summed E-state index contributed by atoms with van der Waals surface area (Å²) in [5.74, 6) is 0.898. The van der Waals surface area contributed by atoms with Crippen molar-refractivity contribution in [3.63, 3.8) is 0 Å². The second-order valence-electron chi connectivity index (χ2n) is 10.2. The summed E-state index contributed by atoms with van der Waals surface area (Å²) in [6.45, 7) is 8.52. The maximum Gasteiger partial charge on any atom is 0.258 e. The zero-order chi connectivity index (χ0) is 25.2. The average Bonchev–Trinajstić information content (AvgIpc) is 3.29. The summed E-state index contributed by atoms with van der Waals surface area (Å²) in [6, 6.07) is 8.88. The van der Waals surface area contributed by atoms with Gasteiger partial charge in [0.1, 0.15) is 6.33 Å². The van der Waals surface area contributed by atoms with Crippen molar-refractivity contribution in [3.8, 4) is 22.4 Å². The number of nitrogens with one attached hydrogen (secondary N) is 1. The molecule has 4 aromatic rings. The molecule has 7 nitrogen and oxygen atoms in total. The van der Waals surface area contributed by atoms with E-state index < -0.39 is 0 Å².